The molecule has 0 heterocycles. The van der Waals surface area contributed by atoms with Crippen molar-refractivity contribution in [1.82, 2.24) is 0 Å². The highest BCUT2D eigenvalue weighted by atomic mass is 32.2. The van der Waals surface area contributed by atoms with Crippen LogP contribution in [0, 0.1) is 5.92 Å². The Morgan fingerprint density at radius 3 is 3.05 bits per heavy atom. The SMILES string of the molecule is COC(=O)CCSc1ccc2c(c1)C1(C)CCC(C1)C2C. The highest BCUT2D eigenvalue weighted by molar-refractivity contribution is 7.99. The van der Waals surface area contributed by atoms with Crippen LogP contribution < -0.4 is 0 Å². The van der Waals surface area contributed by atoms with Gasteiger partial charge in [-0.1, -0.05) is 19.9 Å². The molecule has 3 unspecified atom stereocenters. The predicted octanol–water partition coefficient (Wildman–Crippen LogP) is 4.52. The fourth-order valence-electron chi connectivity index (χ4n) is 4.11. The van der Waals surface area contributed by atoms with Crippen molar-refractivity contribution in [3.8, 4) is 0 Å². The molecule has 1 aromatic rings. The zero-order valence-corrected chi connectivity index (χ0v) is 14.0. The molecule has 1 saturated carbocycles. The number of rotatable bonds is 4. The molecule has 1 aromatic carbocycles. The van der Waals surface area contributed by atoms with Gasteiger partial charge in [0, 0.05) is 10.6 Å². The second kappa shape index (κ2) is 5.68. The molecule has 3 rings (SSSR count). The van der Waals surface area contributed by atoms with E-state index in [4.69, 9.17) is 4.74 Å². The standard InChI is InChI=1S/C18H24O2S/c1-12-13-6-8-18(2,11-13)16-10-14(4-5-15(12)16)21-9-7-17(19)20-3/h4-5,10,12-13H,6-9,11H2,1-3H3. The van der Waals surface area contributed by atoms with Gasteiger partial charge >= 0.3 is 5.97 Å². The molecule has 2 nitrogen and oxygen atoms in total. The molecule has 3 atom stereocenters. The van der Waals surface area contributed by atoms with Gasteiger partial charge in [0.15, 0.2) is 0 Å². The summed E-state index contributed by atoms with van der Waals surface area (Å²) in [5, 5.41) is 0. The lowest BCUT2D eigenvalue weighted by Gasteiger charge is -2.36. The van der Waals surface area contributed by atoms with Crippen LogP contribution in [-0.2, 0) is 14.9 Å². The van der Waals surface area contributed by atoms with Gasteiger partial charge in [-0.2, -0.15) is 0 Å². The van der Waals surface area contributed by atoms with Gasteiger partial charge in [0.1, 0.15) is 0 Å². The highest BCUT2D eigenvalue weighted by Gasteiger charge is 2.45. The summed E-state index contributed by atoms with van der Waals surface area (Å²) >= 11 is 1.76. The number of carbonyl (C=O) groups is 1. The second-order valence-corrected chi connectivity index (χ2v) is 7.94. The maximum Gasteiger partial charge on any atom is 0.306 e. The van der Waals surface area contributed by atoms with Crippen LogP contribution >= 0.6 is 11.8 Å². The molecule has 2 bridgehead atoms. The van der Waals surface area contributed by atoms with Crippen LogP contribution in [0.4, 0.5) is 0 Å². The molecule has 0 aliphatic heterocycles. The van der Waals surface area contributed by atoms with E-state index in [2.05, 4.69) is 32.0 Å². The van der Waals surface area contributed by atoms with Gasteiger partial charge in [-0.3, -0.25) is 4.79 Å². The minimum Gasteiger partial charge on any atom is -0.469 e. The maximum atomic E-state index is 11.2. The fraction of sp³-hybridized carbons (Fsp3) is 0.611. The molecule has 0 spiro atoms. The monoisotopic (exact) mass is 304 g/mol. The van der Waals surface area contributed by atoms with Gasteiger partial charge in [-0.25, -0.2) is 0 Å². The van der Waals surface area contributed by atoms with E-state index in [1.807, 2.05) is 0 Å². The Morgan fingerprint density at radius 1 is 1.48 bits per heavy atom. The zero-order chi connectivity index (χ0) is 15.0. The lowest BCUT2D eigenvalue weighted by atomic mass is 9.69. The predicted molar refractivity (Wildman–Crippen MR) is 86.9 cm³/mol. The van der Waals surface area contributed by atoms with Crippen molar-refractivity contribution in [3.63, 3.8) is 0 Å². The van der Waals surface area contributed by atoms with Crippen molar-refractivity contribution in [1.29, 1.82) is 0 Å². The molecule has 21 heavy (non-hydrogen) atoms. The molecule has 0 N–H and O–H groups in total. The highest BCUT2D eigenvalue weighted by Crippen LogP contribution is 2.55. The molecular formula is C18H24O2S. The number of thioether (sulfide) groups is 1. The van der Waals surface area contributed by atoms with E-state index in [0.29, 0.717) is 17.8 Å². The van der Waals surface area contributed by atoms with Crippen molar-refractivity contribution in [2.75, 3.05) is 12.9 Å². The Labute approximate surface area is 131 Å². The summed E-state index contributed by atoms with van der Waals surface area (Å²) in [5.41, 5.74) is 3.50. The van der Waals surface area contributed by atoms with Crippen LogP contribution in [0.2, 0.25) is 0 Å². The third kappa shape index (κ3) is 2.73. The summed E-state index contributed by atoms with van der Waals surface area (Å²) in [6.45, 7) is 4.82. The van der Waals surface area contributed by atoms with Crippen LogP contribution in [0.3, 0.4) is 0 Å². The van der Waals surface area contributed by atoms with Crippen LogP contribution in [0.1, 0.15) is 56.6 Å². The van der Waals surface area contributed by atoms with Crippen molar-refractivity contribution < 1.29 is 9.53 Å². The largest absolute Gasteiger partial charge is 0.469 e. The first-order chi connectivity index (χ1) is 10.0. The number of benzene rings is 1. The molecule has 0 saturated heterocycles. The molecule has 0 amide bonds. The number of carbonyl (C=O) groups excluding carboxylic acids is 1. The molecule has 3 heteroatoms. The summed E-state index contributed by atoms with van der Waals surface area (Å²) in [4.78, 5) is 12.5. The Hall–Kier alpha value is -0.960. The Morgan fingerprint density at radius 2 is 2.29 bits per heavy atom. The Balaban J connectivity index is 1.78. The number of hydrogen-bond acceptors (Lipinski definition) is 3. The number of methoxy groups -OCH3 is 1. The topological polar surface area (TPSA) is 26.3 Å². The van der Waals surface area contributed by atoms with Crippen LogP contribution in [0.5, 0.6) is 0 Å². The number of ether oxygens (including phenoxy) is 1. The average Bonchev–Trinajstić information content (AvgIpc) is 2.85. The minimum atomic E-state index is -0.125. The van der Waals surface area contributed by atoms with E-state index in [9.17, 15) is 4.79 Å². The first kappa shape index (κ1) is 15.0. The summed E-state index contributed by atoms with van der Waals surface area (Å²) in [7, 11) is 1.45. The molecule has 2 aliphatic rings. The van der Waals surface area contributed by atoms with Crippen LogP contribution in [0.25, 0.3) is 0 Å². The van der Waals surface area contributed by atoms with E-state index < -0.39 is 0 Å². The van der Waals surface area contributed by atoms with E-state index in [1.54, 1.807) is 22.9 Å². The van der Waals surface area contributed by atoms with Crippen molar-refractivity contribution in [2.45, 2.75) is 55.8 Å². The lowest BCUT2D eigenvalue weighted by Crippen LogP contribution is -2.26. The Kier molecular flexibility index (Phi) is 4.04. The third-order valence-electron chi connectivity index (χ3n) is 5.45. The number of hydrogen-bond donors (Lipinski definition) is 0. The second-order valence-electron chi connectivity index (χ2n) is 6.78. The lowest BCUT2D eigenvalue weighted by molar-refractivity contribution is -0.140. The summed E-state index contributed by atoms with van der Waals surface area (Å²) < 4.78 is 4.70. The first-order valence-corrected chi connectivity index (χ1v) is 8.86. The molecular weight excluding hydrogens is 280 g/mol. The Bertz CT molecular complexity index is 554. The van der Waals surface area contributed by atoms with Gasteiger partial charge in [-0.15, -0.1) is 11.8 Å². The molecule has 0 radical (unpaired) electrons. The molecule has 1 fully saturated rings. The van der Waals surface area contributed by atoms with E-state index >= 15 is 0 Å². The van der Waals surface area contributed by atoms with Crippen molar-refractivity contribution in [2.24, 2.45) is 5.92 Å². The van der Waals surface area contributed by atoms with Crippen molar-refractivity contribution in [3.05, 3.63) is 29.3 Å². The summed E-state index contributed by atoms with van der Waals surface area (Å²) in [6.07, 6.45) is 4.52. The number of esters is 1. The van der Waals surface area contributed by atoms with E-state index in [1.165, 1.54) is 31.3 Å². The summed E-state index contributed by atoms with van der Waals surface area (Å²) in [5.74, 6) is 2.24. The average molecular weight is 304 g/mol. The minimum absolute atomic E-state index is 0.125. The maximum absolute atomic E-state index is 11.2. The zero-order valence-electron chi connectivity index (χ0n) is 13.1. The van der Waals surface area contributed by atoms with Gasteiger partial charge in [0.25, 0.3) is 0 Å². The van der Waals surface area contributed by atoms with Gasteiger partial charge in [0.05, 0.1) is 13.5 Å². The smallest absolute Gasteiger partial charge is 0.306 e. The normalized spacial score (nSPS) is 30.0. The molecule has 0 aromatic heterocycles. The quantitative estimate of drug-likeness (QED) is 0.604. The molecule has 114 valence electrons. The van der Waals surface area contributed by atoms with Gasteiger partial charge < -0.3 is 4.74 Å². The first-order valence-electron chi connectivity index (χ1n) is 7.87. The molecule has 2 aliphatic carbocycles. The van der Waals surface area contributed by atoms with Crippen molar-refractivity contribution >= 4 is 17.7 Å². The van der Waals surface area contributed by atoms with Crippen LogP contribution in [-0.4, -0.2) is 18.8 Å². The fourth-order valence-corrected chi connectivity index (χ4v) is 4.98. The third-order valence-corrected chi connectivity index (χ3v) is 6.45. The van der Waals surface area contributed by atoms with Crippen LogP contribution in [0.15, 0.2) is 23.1 Å². The van der Waals surface area contributed by atoms with E-state index in [0.717, 1.165) is 11.7 Å². The van der Waals surface area contributed by atoms with E-state index in [-0.39, 0.29) is 5.97 Å². The number of fused-ring (bicyclic) bond motifs is 4. The summed E-state index contributed by atoms with van der Waals surface area (Å²) in [6, 6.07) is 6.94. The van der Waals surface area contributed by atoms with Gasteiger partial charge in [-0.05, 0) is 59.8 Å². The van der Waals surface area contributed by atoms with Gasteiger partial charge in [0.2, 0.25) is 0 Å².